The van der Waals surface area contributed by atoms with Crippen LogP contribution in [0.1, 0.15) is 156 Å². The van der Waals surface area contributed by atoms with E-state index in [0.29, 0.717) is 28.3 Å². The van der Waals surface area contributed by atoms with Gasteiger partial charge in [0.15, 0.2) is 0 Å². The molecule has 5 aromatic carbocycles. The van der Waals surface area contributed by atoms with Gasteiger partial charge < -0.3 is 4.74 Å². The first-order chi connectivity index (χ1) is 32.9. The highest BCUT2D eigenvalue weighted by Gasteiger charge is 2.37. The van der Waals surface area contributed by atoms with Crippen molar-refractivity contribution in [2.75, 3.05) is 0 Å². The third-order valence-electron chi connectivity index (χ3n) is 12.4. The van der Waals surface area contributed by atoms with E-state index in [9.17, 15) is 6.85 Å². The number of fused-ring (bicyclic) bond motifs is 4. The van der Waals surface area contributed by atoms with E-state index in [2.05, 4.69) is 74.7 Å². The van der Waals surface area contributed by atoms with Gasteiger partial charge in [-0.15, -0.1) is 0 Å². The predicted octanol–water partition coefficient (Wildman–Crippen LogP) is 16.8. The summed E-state index contributed by atoms with van der Waals surface area (Å²) in [5.74, 6) is 1.74. The fraction of sp³-hybridized carbons (Fsp3) is 0.400. The predicted molar refractivity (Wildman–Crippen MR) is 278 cm³/mol. The van der Waals surface area contributed by atoms with E-state index >= 15 is 0 Å². The summed E-state index contributed by atoms with van der Waals surface area (Å²) in [7, 11) is 0. The number of aryl methyl sites for hydroxylation is 1. The average Bonchev–Trinajstić information content (AvgIpc) is 3.82. The van der Waals surface area contributed by atoms with Crippen molar-refractivity contribution >= 4 is 50.6 Å². The molecule has 0 fully saturated rings. The standard InChI is InChI=1S/C60H72N4O/c1-13-14-15-16-17-18-22-42-27-30-54-57(51(42)33-41(2)3)50-29-28-49(39-55(50)64(54)56-37-43(31-32-61-56)58(4,5)6)65-48-24-21-23-46(38-48)62-40-63(53-26-20-19-25-52(53)62)47-35-44(59(7,8)9)34-45(36-47)60(10,11)12/h19-21,23-32,34-39,41H,13-18,22,33H2,1-12H3/q+2/i33D2,34D,35D,36D. The molecule has 0 aliphatic carbocycles. The van der Waals surface area contributed by atoms with Gasteiger partial charge in [0.1, 0.15) is 17.3 Å². The van der Waals surface area contributed by atoms with E-state index < -0.39 is 17.2 Å². The summed E-state index contributed by atoms with van der Waals surface area (Å²) < 4.78 is 60.5. The van der Waals surface area contributed by atoms with Gasteiger partial charge in [-0.1, -0.05) is 145 Å². The van der Waals surface area contributed by atoms with Gasteiger partial charge in [-0.25, -0.2) is 4.98 Å². The summed E-state index contributed by atoms with van der Waals surface area (Å²) in [4.78, 5) is 4.97. The first kappa shape index (κ1) is 39.6. The SMILES string of the molecule is [2H]c1c([N+]2=C=[N+](c3cccc(Oc4ccc5c6c(C([2H])([2H])C(C)C)c(CCCCCCCC)ccc6n(-c6cc(C(C)(C)C)ccn6)c5c4)c3)c3ccccc32)c([2H])c(C(C)(C)C)c([2H])c1C(C)(C)C. The number of hydrogen-bond donors (Lipinski definition) is 0. The van der Waals surface area contributed by atoms with Crippen molar-refractivity contribution < 1.29 is 11.6 Å². The summed E-state index contributed by atoms with van der Waals surface area (Å²) in [6.45, 7) is 25.0. The van der Waals surface area contributed by atoms with Crippen LogP contribution in [-0.2, 0) is 29.0 Å². The molecule has 5 nitrogen and oxygen atoms in total. The monoisotopic (exact) mass is 870 g/mol. The number of nitrogens with zero attached hydrogens (tertiary/aromatic N) is 4. The van der Waals surface area contributed by atoms with Crippen molar-refractivity contribution in [3.63, 3.8) is 0 Å². The molecule has 336 valence electrons. The van der Waals surface area contributed by atoms with Gasteiger partial charge in [0.2, 0.25) is 11.4 Å². The van der Waals surface area contributed by atoms with E-state index in [4.69, 9.17) is 9.72 Å². The van der Waals surface area contributed by atoms with E-state index in [0.717, 1.165) is 80.6 Å². The molecule has 0 radical (unpaired) electrons. The van der Waals surface area contributed by atoms with Crippen LogP contribution >= 0.6 is 0 Å². The first-order valence-electron chi connectivity index (χ1n) is 26.4. The number of hydrogen-bond acceptors (Lipinski definition) is 2. The topological polar surface area (TPSA) is 33.1 Å². The van der Waals surface area contributed by atoms with Crippen LogP contribution in [0.2, 0.25) is 0 Å². The second-order valence-electron chi connectivity index (χ2n) is 21.3. The molecule has 7 aromatic rings. The zero-order valence-electron chi connectivity index (χ0n) is 46.0. The molecular formula is C60H72N4O+2. The van der Waals surface area contributed by atoms with Crippen molar-refractivity contribution in [2.45, 2.75) is 151 Å². The molecule has 0 saturated carbocycles. The van der Waals surface area contributed by atoms with Crippen LogP contribution in [0, 0.1) is 5.92 Å². The lowest BCUT2D eigenvalue weighted by atomic mass is 9.80. The number of para-hydroxylation sites is 2. The molecule has 0 bridgehead atoms. The van der Waals surface area contributed by atoms with Crippen LogP contribution < -0.4 is 13.9 Å². The Kier molecular flexibility index (Phi) is 11.1. The maximum atomic E-state index is 9.69. The van der Waals surface area contributed by atoms with Crippen molar-refractivity contribution in [2.24, 2.45) is 5.92 Å². The molecule has 0 unspecified atom stereocenters. The number of unbranched alkanes of at least 4 members (excludes halogenated alkanes) is 5. The highest BCUT2D eigenvalue weighted by molar-refractivity contribution is 6.11. The number of ether oxygens (including phenoxy) is 1. The van der Waals surface area contributed by atoms with Crippen molar-refractivity contribution in [1.29, 1.82) is 0 Å². The quantitative estimate of drug-likeness (QED) is 0.0806. The van der Waals surface area contributed by atoms with Gasteiger partial charge in [-0.05, 0) is 115 Å². The molecule has 8 rings (SSSR count). The Bertz CT molecular complexity index is 3170. The molecule has 3 heterocycles. The summed E-state index contributed by atoms with van der Waals surface area (Å²) in [6, 6.07) is 34.6. The molecule has 2 aromatic heterocycles. The van der Waals surface area contributed by atoms with Crippen LogP contribution in [-0.4, -0.2) is 15.6 Å². The Hall–Kier alpha value is -5.77. The molecule has 0 N–H and O–H groups in total. The van der Waals surface area contributed by atoms with Crippen LogP contribution in [0.3, 0.4) is 0 Å². The smallest absolute Gasteiger partial charge is 0.457 e. The number of pyridine rings is 1. The minimum atomic E-state index is -1.59. The molecule has 5 heteroatoms. The third kappa shape index (κ3) is 9.78. The van der Waals surface area contributed by atoms with Crippen LogP contribution in [0.25, 0.3) is 27.6 Å². The Morgan fingerprint density at radius 1 is 0.662 bits per heavy atom. The van der Waals surface area contributed by atoms with Gasteiger partial charge in [0.05, 0.1) is 21.2 Å². The number of benzene rings is 5. The van der Waals surface area contributed by atoms with Gasteiger partial charge in [0.25, 0.3) is 11.4 Å². The Morgan fingerprint density at radius 2 is 1.31 bits per heavy atom. The molecule has 0 amide bonds. The second kappa shape index (κ2) is 18.2. The summed E-state index contributed by atoms with van der Waals surface area (Å²) >= 11 is 0. The van der Waals surface area contributed by atoms with Gasteiger partial charge in [-0.2, -0.15) is 0 Å². The average molecular weight is 870 g/mol. The minimum absolute atomic E-state index is 0.119. The largest absolute Gasteiger partial charge is 0.503 e. The van der Waals surface area contributed by atoms with Gasteiger partial charge >= 0.3 is 6.01 Å². The van der Waals surface area contributed by atoms with E-state index in [1.165, 1.54) is 25.7 Å². The second-order valence-corrected chi connectivity index (χ2v) is 21.3. The lowest BCUT2D eigenvalue weighted by Crippen LogP contribution is -2.17. The van der Waals surface area contributed by atoms with Gasteiger partial charge in [0, 0.05) is 56.1 Å². The minimum Gasteiger partial charge on any atom is -0.457 e. The Balaban J connectivity index is 1.28. The fourth-order valence-corrected chi connectivity index (χ4v) is 8.76. The van der Waals surface area contributed by atoms with Crippen molar-refractivity contribution in [3.8, 4) is 17.3 Å². The molecule has 1 aliphatic rings. The lowest BCUT2D eigenvalue weighted by molar-refractivity contribution is 0.483. The van der Waals surface area contributed by atoms with Crippen LogP contribution in [0.15, 0.2) is 115 Å². The Morgan fingerprint density at radius 3 is 1.97 bits per heavy atom. The highest BCUT2D eigenvalue weighted by Crippen LogP contribution is 2.42. The van der Waals surface area contributed by atoms with E-state index in [1.807, 2.05) is 125 Å². The van der Waals surface area contributed by atoms with Crippen LogP contribution in [0.4, 0.5) is 22.7 Å². The summed E-state index contributed by atoms with van der Waals surface area (Å²) in [5.41, 5.74) is 7.67. The van der Waals surface area contributed by atoms with Crippen molar-refractivity contribution in [1.82, 2.24) is 18.7 Å². The zero-order valence-corrected chi connectivity index (χ0v) is 41.0. The first-order valence-corrected chi connectivity index (χ1v) is 23.9. The summed E-state index contributed by atoms with van der Waals surface area (Å²) in [5, 5.41) is 1.87. The maximum absolute atomic E-state index is 9.69. The molecule has 0 saturated heterocycles. The molecular weight excluding hydrogens is 793 g/mol. The third-order valence-corrected chi connectivity index (χ3v) is 12.4. The normalized spacial score (nSPS) is 14.5. The molecule has 0 spiro atoms. The maximum Gasteiger partial charge on any atom is 0.503 e. The van der Waals surface area contributed by atoms with Gasteiger partial charge in [-0.3, -0.25) is 4.57 Å². The molecule has 0 atom stereocenters. The van der Waals surface area contributed by atoms with E-state index in [-0.39, 0.29) is 29.5 Å². The molecule has 65 heavy (non-hydrogen) atoms. The number of rotatable bonds is 14. The Labute approximate surface area is 396 Å². The highest BCUT2D eigenvalue weighted by atomic mass is 16.5. The fourth-order valence-electron chi connectivity index (χ4n) is 8.76. The van der Waals surface area contributed by atoms with E-state index in [1.54, 1.807) is 0 Å². The lowest BCUT2D eigenvalue weighted by Gasteiger charge is -2.24. The number of aromatic nitrogens is 2. The zero-order chi connectivity index (χ0) is 50.7. The van der Waals surface area contributed by atoms with Crippen LogP contribution in [0.5, 0.6) is 11.5 Å². The van der Waals surface area contributed by atoms with Crippen molar-refractivity contribution in [3.05, 3.63) is 143 Å². The summed E-state index contributed by atoms with van der Waals surface area (Å²) in [6.07, 6.45) is 8.14. The molecule has 1 aliphatic heterocycles.